The zero-order valence-corrected chi connectivity index (χ0v) is 14.2. The number of unbranched alkanes of at least 4 members (excludes halogenated alkanes) is 1. The van der Waals surface area contributed by atoms with Crippen molar-refractivity contribution in [2.45, 2.75) is 39.3 Å². The van der Waals surface area contributed by atoms with Crippen molar-refractivity contribution in [3.8, 4) is 5.75 Å². The Labute approximate surface area is 139 Å². The Morgan fingerprint density at radius 3 is 2.21 bits per heavy atom. The quantitative estimate of drug-likeness (QED) is 0.499. The van der Waals surface area contributed by atoms with E-state index in [9.17, 15) is 27.2 Å². The molecule has 1 N–H and O–H groups in total. The second-order valence-corrected chi connectivity index (χ2v) is 4.10. The molecule has 8 heteroatoms. The average Bonchev–Trinajstić information content (AvgIpc) is 2.56. The monoisotopic (exact) mass is 353 g/mol. The van der Waals surface area contributed by atoms with Crippen LogP contribution < -0.4 is 10.1 Å². The van der Waals surface area contributed by atoms with Crippen molar-refractivity contribution in [1.82, 2.24) is 5.32 Å². The number of aryl methyl sites for hydroxylation is 1. The molecule has 4 nitrogen and oxygen atoms in total. The summed E-state index contributed by atoms with van der Waals surface area (Å²) in [7, 11) is 2.36. The molecule has 1 aromatic carbocycles. The molecule has 0 aliphatic heterocycles. The van der Waals surface area contributed by atoms with E-state index >= 15 is 0 Å². The molecular weight excluding hydrogens is 330 g/mol. The van der Waals surface area contributed by atoms with Gasteiger partial charge in [0.25, 0.3) is 0 Å². The highest BCUT2D eigenvalue weighted by Crippen LogP contribution is 2.18. The first kappa shape index (κ1) is 24.1. The topological polar surface area (TPSA) is 55.4 Å². The number of carbonyl (C=O) groups excluding carboxylic acids is 2. The molecule has 0 spiro atoms. The number of amides is 1. The van der Waals surface area contributed by atoms with E-state index in [1.54, 1.807) is 6.07 Å². The highest BCUT2D eigenvalue weighted by atomic mass is 19.4. The molecule has 138 valence electrons. The average molecular weight is 353 g/mol. The second-order valence-electron chi connectivity index (χ2n) is 4.10. The minimum Gasteiger partial charge on any atom is -0.494 e. The molecule has 1 amide bonds. The van der Waals surface area contributed by atoms with E-state index in [2.05, 4.69) is 0 Å². The van der Waals surface area contributed by atoms with E-state index in [1.165, 1.54) is 18.5 Å². The Kier molecular flexibility index (Phi) is 13.4. The summed E-state index contributed by atoms with van der Waals surface area (Å²) in [4.78, 5) is 19.7. The smallest absolute Gasteiger partial charge is 0.471 e. The Bertz CT molecular complexity index is 491. The summed E-state index contributed by atoms with van der Waals surface area (Å²) in [6.45, 7) is 4.00. The van der Waals surface area contributed by atoms with Crippen LogP contribution in [0.15, 0.2) is 18.2 Å². The number of ether oxygens (including phenoxy) is 1. The third-order valence-corrected chi connectivity index (χ3v) is 2.49. The second kappa shape index (κ2) is 13.3. The predicted octanol–water partition coefficient (Wildman–Crippen LogP) is 3.68. The van der Waals surface area contributed by atoms with E-state index < -0.39 is 12.1 Å². The largest absolute Gasteiger partial charge is 0.494 e. The molecular formula is C16H23F4NO3. The summed E-state index contributed by atoms with van der Waals surface area (Å²) in [6, 6.07) is 4.86. The van der Waals surface area contributed by atoms with Crippen LogP contribution >= 0.6 is 0 Å². The normalized spacial score (nSPS) is 9.67. The van der Waals surface area contributed by atoms with Gasteiger partial charge >= 0.3 is 12.1 Å². The van der Waals surface area contributed by atoms with Gasteiger partial charge in [0.2, 0.25) is 0 Å². The van der Waals surface area contributed by atoms with Gasteiger partial charge in [-0.3, -0.25) is 4.79 Å². The molecule has 0 heterocycles. The van der Waals surface area contributed by atoms with Crippen molar-refractivity contribution >= 4 is 12.2 Å². The highest BCUT2D eigenvalue weighted by Gasteiger charge is 2.37. The molecule has 0 unspecified atom stereocenters. The van der Waals surface area contributed by atoms with Crippen LogP contribution in [0.2, 0.25) is 0 Å². The molecule has 0 aromatic heterocycles. The van der Waals surface area contributed by atoms with Crippen LogP contribution in [0, 0.1) is 5.82 Å². The van der Waals surface area contributed by atoms with Crippen molar-refractivity contribution in [2.24, 2.45) is 0 Å². The summed E-state index contributed by atoms with van der Waals surface area (Å²) in [5.74, 6) is -2.02. The van der Waals surface area contributed by atoms with E-state index in [0.717, 1.165) is 31.7 Å². The molecule has 0 bridgehead atoms. The van der Waals surface area contributed by atoms with Crippen molar-refractivity contribution in [3.05, 3.63) is 29.6 Å². The van der Waals surface area contributed by atoms with E-state index in [4.69, 9.17) is 4.74 Å². The van der Waals surface area contributed by atoms with Gasteiger partial charge in [0, 0.05) is 13.5 Å². The van der Waals surface area contributed by atoms with Gasteiger partial charge in [0.15, 0.2) is 11.6 Å². The minimum atomic E-state index is -4.74. The number of carbonyl (C=O) groups is 2. The Balaban J connectivity index is 0. The zero-order chi connectivity index (χ0) is 19.2. The molecule has 0 atom stereocenters. The first-order valence-electron chi connectivity index (χ1n) is 7.31. The number of hydrogen-bond acceptors (Lipinski definition) is 3. The fourth-order valence-electron chi connectivity index (χ4n) is 1.40. The molecule has 0 saturated carbocycles. The highest BCUT2D eigenvalue weighted by molar-refractivity contribution is 5.81. The lowest BCUT2D eigenvalue weighted by Crippen LogP contribution is -2.33. The van der Waals surface area contributed by atoms with Gasteiger partial charge in [-0.1, -0.05) is 19.9 Å². The summed E-state index contributed by atoms with van der Waals surface area (Å²) in [5.41, 5.74) is 0.894. The number of methoxy groups -OCH3 is 1. The van der Waals surface area contributed by atoms with Crippen LogP contribution in [0.5, 0.6) is 5.75 Å². The Morgan fingerprint density at radius 2 is 1.88 bits per heavy atom. The summed E-state index contributed by atoms with van der Waals surface area (Å²) in [6.07, 6.45) is -1.86. The maximum atomic E-state index is 13.2. The molecule has 1 rings (SSSR count). The van der Waals surface area contributed by atoms with Crippen molar-refractivity contribution in [1.29, 1.82) is 0 Å². The van der Waals surface area contributed by atoms with E-state index in [0.29, 0.717) is 6.42 Å². The zero-order valence-electron chi connectivity index (χ0n) is 14.2. The van der Waals surface area contributed by atoms with E-state index in [-0.39, 0.29) is 11.6 Å². The van der Waals surface area contributed by atoms with Crippen molar-refractivity contribution in [2.75, 3.05) is 14.2 Å². The van der Waals surface area contributed by atoms with Crippen LogP contribution in [0.3, 0.4) is 0 Å². The number of alkyl halides is 3. The van der Waals surface area contributed by atoms with Crippen molar-refractivity contribution in [3.63, 3.8) is 0 Å². The van der Waals surface area contributed by atoms with Crippen LogP contribution in [0.4, 0.5) is 17.6 Å². The number of rotatable bonds is 5. The first-order chi connectivity index (χ1) is 11.3. The molecule has 24 heavy (non-hydrogen) atoms. The molecule has 0 aliphatic carbocycles. The standard InChI is InChI=1S/C11H13FO2.C3H4F3NO.C2H6/c1-14-11-6-5-9(8-10(11)12)4-2-3-7-13;1-7-2(8)3(4,5)6;1-2/h5-8H,2-4H2,1H3;1H3,(H,7,8);1-2H3. The van der Waals surface area contributed by atoms with Gasteiger partial charge in [-0.05, 0) is 30.5 Å². The number of halogens is 4. The van der Waals surface area contributed by atoms with Gasteiger partial charge in [-0.25, -0.2) is 4.39 Å². The van der Waals surface area contributed by atoms with Crippen molar-refractivity contribution < 1.29 is 31.9 Å². The third kappa shape index (κ3) is 10.6. The number of nitrogens with one attached hydrogen (secondary N) is 1. The van der Waals surface area contributed by atoms with Crippen LogP contribution in [-0.4, -0.2) is 32.5 Å². The lowest BCUT2D eigenvalue weighted by Gasteiger charge is -2.03. The van der Waals surface area contributed by atoms with Gasteiger partial charge < -0.3 is 14.8 Å². The Hall–Kier alpha value is -2.12. The lowest BCUT2D eigenvalue weighted by molar-refractivity contribution is -0.172. The lowest BCUT2D eigenvalue weighted by atomic mass is 10.1. The molecule has 1 aromatic rings. The summed E-state index contributed by atoms with van der Waals surface area (Å²) >= 11 is 0. The minimum absolute atomic E-state index is 0.254. The maximum Gasteiger partial charge on any atom is 0.471 e. The van der Waals surface area contributed by atoms with Crippen LogP contribution in [0.1, 0.15) is 32.3 Å². The molecule has 0 radical (unpaired) electrons. The summed E-state index contributed by atoms with van der Waals surface area (Å²) in [5, 5.41) is 1.44. The first-order valence-corrected chi connectivity index (χ1v) is 7.31. The SMILES string of the molecule is CC.CNC(=O)C(F)(F)F.COc1ccc(CCCC=O)cc1F. The molecule has 0 aliphatic rings. The molecule has 0 saturated heterocycles. The third-order valence-electron chi connectivity index (χ3n) is 2.49. The fraction of sp³-hybridized carbons (Fsp3) is 0.500. The maximum absolute atomic E-state index is 13.2. The van der Waals surface area contributed by atoms with Gasteiger partial charge in [0.1, 0.15) is 6.29 Å². The van der Waals surface area contributed by atoms with Gasteiger partial charge in [0.05, 0.1) is 7.11 Å². The number of aldehydes is 1. The number of benzene rings is 1. The Morgan fingerprint density at radius 1 is 1.29 bits per heavy atom. The fourth-order valence-corrected chi connectivity index (χ4v) is 1.40. The molecule has 0 fully saturated rings. The van der Waals surface area contributed by atoms with E-state index in [1.807, 2.05) is 19.9 Å². The van der Waals surface area contributed by atoms with Crippen LogP contribution in [-0.2, 0) is 16.0 Å². The summed E-state index contributed by atoms with van der Waals surface area (Å²) < 4.78 is 51.1. The van der Waals surface area contributed by atoms with Gasteiger partial charge in [-0.15, -0.1) is 0 Å². The van der Waals surface area contributed by atoms with Crippen LogP contribution in [0.25, 0.3) is 0 Å². The van der Waals surface area contributed by atoms with Gasteiger partial charge in [-0.2, -0.15) is 13.2 Å². The predicted molar refractivity (Wildman–Crippen MR) is 83.4 cm³/mol. The number of hydrogen-bond donors (Lipinski definition) is 1.